The van der Waals surface area contributed by atoms with Gasteiger partial charge >= 0.3 is 0 Å². The summed E-state index contributed by atoms with van der Waals surface area (Å²) < 4.78 is 33.1. The Balaban J connectivity index is 1.95. The maximum absolute atomic E-state index is 13.3. The Kier molecular flexibility index (Phi) is 6.24. The SMILES string of the molecule is COc1cccc(N(CC(=O)N(C)C2CCCC2)S(=O)(=O)c2ccccc2)c1. The number of carbonyl (C=O) groups excluding carboxylic acids is 1. The van der Waals surface area contributed by atoms with Crippen molar-refractivity contribution in [2.24, 2.45) is 0 Å². The molecule has 0 spiro atoms. The molecule has 0 aliphatic heterocycles. The molecule has 28 heavy (non-hydrogen) atoms. The summed E-state index contributed by atoms with van der Waals surface area (Å²) in [6.07, 6.45) is 4.13. The fourth-order valence-electron chi connectivity index (χ4n) is 3.53. The molecule has 0 aromatic heterocycles. The van der Waals surface area contributed by atoms with E-state index in [0.29, 0.717) is 11.4 Å². The maximum atomic E-state index is 13.3. The van der Waals surface area contributed by atoms with Gasteiger partial charge in [0.15, 0.2) is 0 Å². The lowest BCUT2D eigenvalue weighted by Gasteiger charge is -2.29. The first-order valence-electron chi connectivity index (χ1n) is 9.41. The van der Waals surface area contributed by atoms with Crippen LogP contribution in [0.5, 0.6) is 5.75 Å². The smallest absolute Gasteiger partial charge is 0.264 e. The highest BCUT2D eigenvalue weighted by molar-refractivity contribution is 7.92. The molecule has 0 heterocycles. The summed E-state index contributed by atoms with van der Waals surface area (Å²) in [6, 6.07) is 15.1. The van der Waals surface area contributed by atoms with Gasteiger partial charge in [-0.15, -0.1) is 0 Å². The van der Waals surface area contributed by atoms with Gasteiger partial charge in [-0.25, -0.2) is 8.42 Å². The number of benzene rings is 2. The Hall–Kier alpha value is -2.54. The molecule has 0 unspecified atom stereocenters. The average Bonchev–Trinajstić information content (AvgIpc) is 3.26. The van der Waals surface area contributed by atoms with E-state index >= 15 is 0 Å². The lowest BCUT2D eigenvalue weighted by Crippen LogP contribution is -2.44. The topological polar surface area (TPSA) is 66.9 Å². The van der Waals surface area contributed by atoms with Crippen molar-refractivity contribution in [2.75, 3.05) is 25.0 Å². The predicted molar refractivity (Wildman–Crippen MR) is 109 cm³/mol. The van der Waals surface area contributed by atoms with E-state index in [-0.39, 0.29) is 23.4 Å². The van der Waals surface area contributed by atoms with Crippen LogP contribution in [0.2, 0.25) is 0 Å². The number of ether oxygens (including phenoxy) is 1. The largest absolute Gasteiger partial charge is 0.497 e. The molecule has 1 saturated carbocycles. The van der Waals surface area contributed by atoms with Gasteiger partial charge in [0.2, 0.25) is 5.91 Å². The molecule has 0 saturated heterocycles. The first-order valence-corrected chi connectivity index (χ1v) is 10.8. The summed E-state index contributed by atoms with van der Waals surface area (Å²) in [4.78, 5) is 14.8. The van der Waals surface area contributed by atoms with Crippen molar-refractivity contribution in [2.45, 2.75) is 36.6 Å². The molecule has 2 aromatic rings. The van der Waals surface area contributed by atoms with E-state index in [0.717, 1.165) is 25.7 Å². The first kappa shape index (κ1) is 20.2. The Morgan fingerprint density at radius 3 is 2.39 bits per heavy atom. The highest BCUT2D eigenvalue weighted by atomic mass is 32.2. The van der Waals surface area contributed by atoms with Crippen LogP contribution in [-0.2, 0) is 14.8 Å². The molecule has 150 valence electrons. The molecule has 0 atom stereocenters. The zero-order valence-corrected chi connectivity index (χ0v) is 17.1. The standard InChI is InChI=1S/C21H26N2O4S/c1-22(17-9-6-7-10-17)21(24)16-23(18-11-8-12-19(15-18)27-2)28(25,26)20-13-4-3-5-14-20/h3-5,8,11-15,17H,6-7,9-10,16H2,1-2H3. The van der Waals surface area contributed by atoms with Gasteiger partial charge in [0, 0.05) is 19.2 Å². The highest BCUT2D eigenvalue weighted by Gasteiger charge is 2.30. The van der Waals surface area contributed by atoms with Crippen molar-refractivity contribution < 1.29 is 17.9 Å². The van der Waals surface area contributed by atoms with Crippen LogP contribution in [0.3, 0.4) is 0 Å². The van der Waals surface area contributed by atoms with Gasteiger partial charge < -0.3 is 9.64 Å². The van der Waals surface area contributed by atoms with Crippen molar-refractivity contribution in [1.82, 2.24) is 4.90 Å². The number of anilines is 1. The van der Waals surface area contributed by atoms with Gasteiger partial charge in [0.25, 0.3) is 10.0 Å². The molecule has 1 aliphatic carbocycles. The minimum atomic E-state index is -3.90. The normalized spacial score (nSPS) is 14.6. The number of sulfonamides is 1. The minimum Gasteiger partial charge on any atom is -0.497 e. The third-order valence-electron chi connectivity index (χ3n) is 5.22. The summed E-state index contributed by atoms with van der Waals surface area (Å²) in [6.45, 7) is -0.253. The van der Waals surface area contributed by atoms with Crippen molar-refractivity contribution >= 4 is 21.6 Å². The quantitative estimate of drug-likeness (QED) is 0.713. The number of nitrogens with zero attached hydrogens (tertiary/aromatic N) is 2. The van der Waals surface area contributed by atoms with E-state index in [2.05, 4.69) is 0 Å². The number of amides is 1. The third-order valence-corrected chi connectivity index (χ3v) is 7.01. The van der Waals surface area contributed by atoms with Crippen molar-refractivity contribution in [3.05, 3.63) is 54.6 Å². The summed E-state index contributed by atoms with van der Waals surface area (Å²) in [5.74, 6) is 0.316. The molecule has 1 fully saturated rings. The van der Waals surface area contributed by atoms with Crippen LogP contribution in [0.1, 0.15) is 25.7 Å². The molecule has 7 heteroatoms. The van der Waals surface area contributed by atoms with Gasteiger partial charge in [-0.2, -0.15) is 0 Å². The van der Waals surface area contributed by atoms with Crippen LogP contribution >= 0.6 is 0 Å². The van der Waals surface area contributed by atoms with Crippen molar-refractivity contribution in [1.29, 1.82) is 0 Å². The summed E-state index contributed by atoms with van der Waals surface area (Å²) in [5, 5.41) is 0. The van der Waals surface area contributed by atoms with E-state index < -0.39 is 10.0 Å². The average molecular weight is 403 g/mol. The number of hydrogen-bond donors (Lipinski definition) is 0. The fraction of sp³-hybridized carbons (Fsp3) is 0.381. The summed E-state index contributed by atoms with van der Waals surface area (Å²) in [5.41, 5.74) is 0.399. The summed E-state index contributed by atoms with van der Waals surface area (Å²) >= 11 is 0. The van der Waals surface area contributed by atoms with Crippen molar-refractivity contribution in [3.63, 3.8) is 0 Å². The van der Waals surface area contributed by atoms with Gasteiger partial charge in [0.05, 0.1) is 17.7 Å². The second-order valence-corrected chi connectivity index (χ2v) is 8.83. The number of likely N-dealkylation sites (N-methyl/N-ethyl adjacent to an activating group) is 1. The molecule has 0 N–H and O–H groups in total. The van der Waals surface area contributed by atoms with Gasteiger partial charge in [-0.05, 0) is 37.1 Å². The Morgan fingerprint density at radius 2 is 1.75 bits per heavy atom. The predicted octanol–water partition coefficient (Wildman–Crippen LogP) is 3.29. The fourth-order valence-corrected chi connectivity index (χ4v) is 4.96. The van der Waals surface area contributed by atoms with E-state index in [1.807, 2.05) is 0 Å². The number of rotatable bonds is 7. The summed E-state index contributed by atoms with van der Waals surface area (Å²) in [7, 11) is -0.618. The highest BCUT2D eigenvalue weighted by Crippen LogP contribution is 2.28. The number of carbonyl (C=O) groups is 1. The van der Waals surface area contributed by atoms with Crippen molar-refractivity contribution in [3.8, 4) is 5.75 Å². The Morgan fingerprint density at radius 1 is 1.07 bits per heavy atom. The lowest BCUT2D eigenvalue weighted by molar-refractivity contribution is -0.130. The molecule has 1 aliphatic rings. The van der Waals surface area contributed by atoms with Crippen LogP contribution < -0.4 is 9.04 Å². The van der Waals surface area contributed by atoms with E-state index in [9.17, 15) is 13.2 Å². The monoisotopic (exact) mass is 402 g/mol. The molecule has 2 aromatic carbocycles. The van der Waals surface area contributed by atoms with E-state index in [4.69, 9.17) is 4.74 Å². The Bertz CT molecular complexity index is 909. The second-order valence-electron chi connectivity index (χ2n) is 6.97. The van der Waals surface area contributed by atoms with Crippen LogP contribution in [0.15, 0.2) is 59.5 Å². The second kappa shape index (κ2) is 8.65. The zero-order chi connectivity index (χ0) is 20.1. The zero-order valence-electron chi connectivity index (χ0n) is 16.2. The molecule has 6 nitrogen and oxygen atoms in total. The van der Waals surface area contributed by atoms with Crippen LogP contribution in [0.4, 0.5) is 5.69 Å². The van der Waals surface area contributed by atoms with Gasteiger partial charge in [0.1, 0.15) is 12.3 Å². The first-order chi connectivity index (χ1) is 13.4. The van der Waals surface area contributed by atoms with Gasteiger partial charge in [-0.1, -0.05) is 37.1 Å². The van der Waals surface area contributed by atoms with E-state index in [1.54, 1.807) is 54.4 Å². The molecular formula is C21H26N2O4S. The van der Waals surface area contributed by atoms with Gasteiger partial charge in [-0.3, -0.25) is 9.10 Å². The molecule has 1 amide bonds. The van der Waals surface area contributed by atoms with Crippen LogP contribution in [0, 0.1) is 0 Å². The molecule has 0 bridgehead atoms. The minimum absolute atomic E-state index is 0.147. The third kappa shape index (κ3) is 4.30. The number of hydrogen-bond acceptors (Lipinski definition) is 4. The number of methoxy groups -OCH3 is 1. The van der Waals surface area contributed by atoms with Crippen LogP contribution in [0.25, 0.3) is 0 Å². The van der Waals surface area contributed by atoms with Crippen LogP contribution in [-0.4, -0.2) is 46.0 Å². The molecule has 3 rings (SSSR count). The maximum Gasteiger partial charge on any atom is 0.264 e. The lowest BCUT2D eigenvalue weighted by atomic mass is 10.2. The molecule has 0 radical (unpaired) electrons. The Labute approximate surface area is 166 Å². The molecular weight excluding hydrogens is 376 g/mol. The van der Waals surface area contributed by atoms with E-state index in [1.165, 1.54) is 23.5 Å².